The fourth-order valence-electron chi connectivity index (χ4n) is 3.86. The maximum absolute atomic E-state index is 13.3. The van der Waals surface area contributed by atoms with E-state index < -0.39 is 12.1 Å². The lowest BCUT2D eigenvalue weighted by atomic mass is 10.1. The highest BCUT2D eigenvalue weighted by atomic mass is 16.2. The standard InChI is InChI=1S/C24H36N4O4/c1-16(2)15-28(22(30)14-25-19(5)29)18(4)24(32)27-12-6-7-21(27)23(31)26-13-20-10-8-17(3)9-11-20/h8-11,16,18,21H,6-7,12-15H2,1-5H3,(H,25,29)(H,26,31)/t18-,21-/m0/s1. The molecule has 0 aromatic heterocycles. The van der Waals surface area contributed by atoms with Gasteiger partial charge in [-0.15, -0.1) is 0 Å². The largest absolute Gasteiger partial charge is 0.350 e. The summed E-state index contributed by atoms with van der Waals surface area (Å²) in [5, 5.41) is 5.45. The topological polar surface area (TPSA) is 98.8 Å². The fraction of sp³-hybridized carbons (Fsp3) is 0.583. The summed E-state index contributed by atoms with van der Waals surface area (Å²) >= 11 is 0. The maximum atomic E-state index is 13.3. The Balaban J connectivity index is 2.05. The molecule has 32 heavy (non-hydrogen) atoms. The molecule has 0 bridgehead atoms. The second kappa shape index (κ2) is 11.6. The van der Waals surface area contributed by atoms with Crippen LogP contribution in [0.3, 0.4) is 0 Å². The van der Waals surface area contributed by atoms with Crippen LogP contribution in [0, 0.1) is 12.8 Å². The number of carbonyl (C=O) groups excluding carboxylic acids is 4. The quantitative estimate of drug-likeness (QED) is 0.605. The molecular formula is C24H36N4O4. The summed E-state index contributed by atoms with van der Waals surface area (Å²) < 4.78 is 0. The molecule has 2 rings (SSSR count). The monoisotopic (exact) mass is 444 g/mol. The zero-order valence-electron chi connectivity index (χ0n) is 19.8. The zero-order valence-corrected chi connectivity index (χ0v) is 19.8. The van der Waals surface area contributed by atoms with Gasteiger partial charge in [-0.05, 0) is 38.2 Å². The first-order valence-corrected chi connectivity index (χ1v) is 11.3. The molecule has 0 unspecified atom stereocenters. The van der Waals surface area contributed by atoms with E-state index in [4.69, 9.17) is 0 Å². The van der Waals surface area contributed by atoms with E-state index in [9.17, 15) is 19.2 Å². The Morgan fingerprint density at radius 1 is 1.09 bits per heavy atom. The lowest BCUT2D eigenvalue weighted by Gasteiger charge is -2.34. The predicted molar refractivity (Wildman–Crippen MR) is 122 cm³/mol. The first-order valence-electron chi connectivity index (χ1n) is 11.3. The van der Waals surface area contributed by atoms with Crippen LogP contribution >= 0.6 is 0 Å². The third-order valence-electron chi connectivity index (χ3n) is 5.62. The van der Waals surface area contributed by atoms with Crippen molar-refractivity contribution in [2.45, 2.75) is 66.1 Å². The van der Waals surface area contributed by atoms with Crippen molar-refractivity contribution in [3.63, 3.8) is 0 Å². The number of rotatable bonds is 9. The first kappa shape index (κ1) is 25.4. The summed E-state index contributed by atoms with van der Waals surface area (Å²) in [6.07, 6.45) is 1.34. The van der Waals surface area contributed by atoms with E-state index in [1.807, 2.05) is 45.0 Å². The molecule has 1 aromatic rings. The Morgan fingerprint density at radius 2 is 1.75 bits per heavy atom. The molecule has 1 aliphatic heterocycles. The highest BCUT2D eigenvalue weighted by molar-refractivity contribution is 5.93. The average Bonchev–Trinajstić information content (AvgIpc) is 3.24. The van der Waals surface area contributed by atoms with Crippen LogP contribution in [0.1, 0.15) is 51.7 Å². The number of hydrogen-bond acceptors (Lipinski definition) is 4. The van der Waals surface area contributed by atoms with Crippen molar-refractivity contribution in [2.75, 3.05) is 19.6 Å². The number of benzene rings is 1. The van der Waals surface area contributed by atoms with E-state index in [1.165, 1.54) is 11.8 Å². The molecule has 1 heterocycles. The number of likely N-dealkylation sites (tertiary alicyclic amines) is 1. The van der Waals surface area contributed by atoms with Gasteiger partial charge >= 0.3 is 0 Å². The minimum Gasteiger partial charge on any atom is -0.350 e. The molecule has 2 atom stereocenters. The van der Waals surface area contributed by atoms with Crippen LogP contribution in [0.15, 0.2) is 24.3 Å². The van der Waals surface area contributed by atoms with E-state index in [-0.39, 0.29) is 36.1 Å². The highest BCUT2D eigenvalue weighted by Crippen LogP contribution is 2.21. The second-order valence-electron chi connectivity index (χ2n) is 8.92. The van der Waals surface area contributed by atoms with Crippen molar-refractivity contribution in [1.82, 2.24) is 20.4 Å². The van der Waals surface area contributed by atoms with Crippen molar-refractivity contribution in [1.29, 1.82) is 0 Å². The smallest absolute Gasteiger partial charge is 0.245 e. The predicted octanol–water partition coefficient (Wildman–Crippen LogP) is 1.61. The van der Waals surface area contributed by atoms with E-state index in [2.05, 4.69) is 10.6 Å². The van der Waals surface area contributed by atoms with Crippen LogP contribution in [0.2, 0.25) is 0 Å². The summed E-state index contributed by atoms with van der Waals surface area (Å²) in [7, 11) is 0. The van der Waals surface area contributed by atoms with Crippen molar-refractivity contribution in [2.24, 2.45) is 5.92 Å². The van der Waals surface area contributed by atoms with Gasteiger partial charge < -0.3 is 20.4 Å². The summed E-state index contributed by atoms with van der Waals surface area (Å²) in [6.45, 7) is 10.1. The summed E-state index contributed by atoms with van der Waals surface area (Å²) in [6, 6.07) is 6.68. The molecule has 1 saturated heterocycles. The van der Waals surface area contributed by atoms with Gasteiger partial charge in [0, 0.05) is 26.6 Å². The normalized spacial score (nSPS) is 16.6. The summed E-state index contributed by atoms with van der Waals surface area (Å²) in [4.78, 5) is 53.2. The van der Waals surface area contributed by atoms with Gasteiger partial charge in [0.25, 0.3) is 0 Å². The minimum atomic E-state index is -0.718. The van der Waals surface area contributed by atoms with Crippen molar-refractivity contribution in [3.05, 3.63) is 35.4 Å². The summed E-state index contributed by atoms with van der Waals surface area (Å²) in [5.41, 5.74) is 2.15. The van der Waals surface area contributed by atoms with Crippen molar-refractivity contribution in [3.8, 4) is 0 Å². The van der Waals surface area contributed by atoms with Gasteiger partial charge in [-0.2, -0.15) is 0 Å². The van der Waals surface area contributed by atoms with E-state index in [0.717, 1.165) is 17.5 Å². The van der Waals surface area contributed by atoms with Gasteiger partial charge in [0.05, 0.1) is 6.54 Å². The number of nitrogens with zero attached hydrogens (tertiary/aromatic N) is 2. The van der Waals surface area contributed by atoms with Crippen LogP contribution in [-0.4, -0.2) is 65.1 Å². The molecule has 1 fully saturated rings. The minimum absolute atomic E-state index is 0.152. The fourth-order valence-corrected chi connectivity index (χ4v) is 3.86. The van der Waals surface area contributed by atoms with Gasteiger partial charge in [0.15, 0.2) is 0 Å². The summed E-state index contributed by atoms with van der Waals surface area (Å²) in [5.74, 6) is -0.877. The third-order valence-corrected chi connectivity index (χ3v) is 5.62. The molecule has 0 radical (unpaired) electrons. The maximum Gasteiger partial charge on any atom is 0.245 e. The number of amides is 4. The number of nitrogens with one attached hydrogen (secondary N) is 2. The number of carbonyl (C=O) groups is 4. The molecule has 1 aliphatic rings. The lowest BCUT2D eigenvalue weighted by Crippen LogP contribution is -2.55. The Bertz CT molecular complexity index is 822. The van der Waals surface area contributed by atoms with Crippen LogP contribution in [0.4, 0.5) is 0 Å². The molecule has 0 saturated carbocycles. The highest BCUT2D eigenvalue weighted by Gasteiger charge is 2.38. The molecule has 8 heteroatoms. The number of aryl methyl sites for hydroxylation is 1. The molecule has 4 amide bonds. The van der Waals surface area contributed by atoms with E-state index >= 15 is 0 Å². The van der Waals surface area contributed by atoms with Gasteiger partial charge in [-0.1, -0.05) is 43.7 Å². The van der Waals surface area contributed by atoms with Crippen LogP contribution in [0.25, 0.3) is 0 Å². The molecule has 0 aliphatic carbocycles. The van der Waals surface area contributed by atoms with Crippen molar-refractivity contribution < 1.29 is 19.2 Å². The van der Waals surface area contributed by atoms with Gasteiger partial charge in [-0.3, -0.25) is 19.2 Å². The number of hydrogen-bond donors (Lipinski definition) is 2. The SMILES string of the molecule is CC(=O)NCC(=O)N(CC(C)C)[C@@H](C)C(=O)N1CCC[C@H]1C(=O)NCc1ccc(C)cc1. The van der Waals surface area contributed by atoms with Crippen molar-refractivity contribution >= 4 is 23.6 Å². The molecule has 176 valence electrons. The average molecular weight is 445 g/mol. The molecule has 1 aromatic carbocycles. The third kappa shape index (κ3) is 7.07. The molecular weight excluding hydrogens is 408 g/mol. The van der Waals surface area contributed by atoms with E-state index in [1.54, 1.807) is 11.8 Å². The van der Waals surface area contributed by atoms with Crippen LogP contribution in [0.5, 0.6) is 0 Å². The molecule has 8 nitrogen and oxygen atoms in total. The Morgan fingerprint density at radius 3 is 2.34 bits per heavy atom. The van der Waals surface area contributed by atoms with Gasteiger partial charge in [0.1, 0.15) is 12.1 Å². The Kier molecular flexibility index (Phi) is 9.23. The Labute approximate surface area is 190 Å². The van der Waals surface area contributed by atoms with Gasteiger partial charge in [-0.25, -0.2) is 0 Å². The van der Waals surface area contributed by atoms with Crippen LogP contribution in [-0.2, 0) is 25.7 Å². The molecule has 0 spiro atoms. The first-order chi connectivity index (χ1) is 15.1. The van der Waals surface area contributed by atoms with E-state index in [0.29, 0.717) is 26.1 Å². The van der Waals surface area contributed by atoms with Crippen LogP contribution < -0.4 is 10.6 Å². The Hall–Kier alpha value is -2.90. The molecule has 2 N–H and O–H groups in total. The second-order valence-corrected chi connectivity index (χ2v) is 8.92. The lowest BCUT2D eigenvalue weighted by molar-refractivity contribution is -0.148. The van der Waals surface area contributed by atoms with Gasteiger partial charge in [0.2, 0.25) is 23.6 Å². The zero-order chi connectivity index (χ0) is 23.8.